The van der Waals surface area contributed by atoms with Crippen molar-refractivity contribution in [1.82, 2.24) is 19.7 Å². The summed E-state index contributed by atoms with van der Waals surface area (Å²) in [6.45, 7) is 7.65. The van der Waals surface area contributed by atoms with E-state index in [0.29, 0.717) is 5.92 Å². The van der Waals surface area contributed by atoms with E-state index in [1.165, 1.54) is 31.5 Å². The summed E-state index contributed by atoms with van der Waals surface area (Å²) >= 11 is 0. The molecule has 4 nitrogen and oxygen atoms in total. The summed E-state index contributed by atoms with van der Waals surface area (Å²) in [6, 6.07) is 8.68. The van der Waals surface area contributed by atoms with E-state index in [0.717, 1.165) is 23.8 Å². The Morgan fingerprint density at radius 1 is 1.10 bits per heavy atom. The Labute approximate surface area is 126 Å². The van der Waals surface area contributed by atoms with Crippen molar-refractivity contribution < 1.29 is 0 Å². The standard InChI is InChI=1S/C17H24N4/c1-13(2)14-6-8-15(9-7-14)17-18-16(19-20(17)3)12-21-10-4-5-11-21/h6-9,13H,4-5,10-12H2,1-3H3. The van der Waals surface area contributed by atoms with Gasteiger partial charge in [-0.05, 0) is 37.4 Å². The zero-order chi connectivity index (χ0) is 14.8. The van der Waals surface area contributed by atoms with Gasteiger partial charge in [-0.3, -0.25) is 4.90 Å². The first kappa shape index (κ1) is 14.3. The summed E-state index contributed by atoms with van der Waals surface area (Å²) in [6.07, 6.45) is 2.60. The lowest BCUT2D eigenvalue weighted by Gasteiger charge is -2.10. The minimum absolute atomic E-state index is 0.560. The van der Waals surface area contributed by atoms with E-state index in [1.54, 1.807) is 0 Å². The Hall–Kier alpha value is -1.68. The maximum absolute atomic E-state index is 4.73. The van der Waals surface area contributed by atoms with Crippen LogP contribution in [0.2, 0.25) is 0 Å². The van der Waals surface area contributed by atoms with Gasteiger partial charge in [0.2, 0.25) is 0 Å². The number of aryl methyl sites for hydroxylation is 1. The predicted octanol–water partition coefficient (Wildman–Crippen LogP) is 3.20. The van der Waals surface area contributed by atoms with Crippen LogP contribution in [-0.2, 0) is 13.6 Å². The molecule has 1 fully saturated rings. The van der Waals surface area contributed by atoms with Gasteiger partial charge in [-0.25, -0.2) is 9.67 Å². The molecule has 0 bridgehead atoms. The molecule has 2 aromatic rings. The fourth-order valence-corrected chi connectivity index (χ4v) is 2.91. The Balaban J connectivity index is 1.79. The summed E-state index contributed by atoms with van der Waals surface area (Å²) in [5.41, 5.74) is 2.50. The Morgan fingerprint density at radius 2 is 1.76 bits per heavy atom. The molecule has 0 saturated carbocycles. The third kappa shape index (κ3) is 3.16. The van der Waals surface area contributed by atoms with Crippen molar-refractivity contribution in [3.05, 3.63) is 35.7 Å². The van der Waals surface area contributed by atoms with E-state index < -0.39 is 0 Å². The fourth-order valence-electron chi connectivity index (χ4n) is 2.91. The van der Waals surface area contributed by atoms with Crippen LogP contribution in [0.1, 0.15) is 44.0 Å². The Kier molecular flexibility index (Phi) is 4.06. The van der Waals surface area contributed by atoms with Crippen LogP contribution in [0.15, 0.2) is 24.3 Å². The molecule has 112 valence electrons. The smallest absolute Gasteiger partial charge is 0.165 e. The number of aromatic nitrogens is 3. The molecule has 1 aromatic heterocycles. The van der Waals surface area contributed by atoms with Gasteiger partial charge in [-0.1, -0.05) is 38.1 Å². The molecule has 3 rings (SSSR count). The van der Waals surface area contributed by atoms with Gasteiger partial charge in [0.05, 0.1) is 6.54 Å². The molecule has 1 aromatic carbocycles. The maximum Gasteiger partial charge on any atom is 0.165 e. The number of likely N-dealkylation sites (tertiary alicyclic amines) is 1. The van der Waals surface area contributed by atoms with Crippen molar-refractivity contribution in [1.29, 1.82) is 0 Å². The molecule has 2 heterocycles. The largest absolute Gasteiger partial charge is 0.296 e. The van der Waals surface area contributed by atoms with Crippen molar-refractivity contribution in [3.63, 3.8) is 0 Å². The lowest BCUT2D eigenvalue weighted by atomic mass is 10.0. The van der Waals surface area contributed by atoms with E-state index in [1.807, 2.05) is 11.7 Å². The molecule has 0 aliphatic carbocycles. The monoisotopic (exact) mass is 284 g/mol. The number of rotatable bonds is 4. The summed E-state index contributed by atoms with van der Waals surface area (Å²) in [4.78, 5) is 7.16. The number of benzene rings is 1. The van der Waals surface area contributed by atoms with E-state index in [4.69, 9.17) is 4.98 Å². The highest BCUT2D eigenvalue weighted by molar-refractivity contribution is 5.55. The van der Waals surface area contributed by atoms with Crippen molar-refractivity contribution in [2.75, 3.05) is 13.1 Å². The number of hydrogen-bond donors (Lipinski definition) is 0. The average molecular weight is 284 g/mol. The Morgan fingerprint density at radius 3 is 2.38 bits per heavy atom. The zero-order valence-corrected chi connectivity index (χ0v) is 13.2. The van der Waals surface area contributed by atoms with Gasteiger partial charge in [0.15, 0.2) is 11.6 Å². The molecule has 0 unspecified atom stereocenters. The second-order valence-electron chi connectivity index (χ2n) is 6.24. The number of nitrogens with zero attached hydrogens (tertiary/aromatic N) is 4. The number of hydrogen-bond acceptors (Lipinski definition) is 3. The highest BCUT2D eigenvalue weighted by atomic mass is 15.3. The summed E-state index contributed by atoms with van der Waals surface area (Å²) in [5.74, 6) is 2.45. The topological polar surface area (TPSA) is 34.0 Å². The lowest BCUT2D eigenvalue weighted by molar-refractivity contribution is 0.322. The summed E-state index contributed by atoms with van der Waals surface area (Å²) in [5, 5.41) is 4.57. The molecule has 1 aliphatic rings. The maximum atomic E-state index is 4.73. The van der Waals surface area contributed by atoms with Crippen LogP contribution in [0.5, 0.6) is 0 Å². The van der Waals surface area contributed by atoms with Crippen LogP contribution in [0.25, 0.3) is 11.4 Å². The summed E-state index contributed by atoms with van der Waals surface area (Å²) in [7, 11) is 1.98. The highest BCUT2D eigenvalue weighted by Crippen LogP contribution is 2.21. The fraction of sp³-hybridized carbons (Fsp3) is 0.529. The van der Waals surface area contributed by atoms with E-state index in [9.17, 15) is 0 Å². The minimum Gasteiger partial charge on any atom is -0.296 e. The van der Waals surface area contributed by atoms with Gasteiger partial charge < -0.3 is 0 Å². The molecule has 1 saturated heterocycles. The SMILES string of the molecule is CC(C)c1ccc(-c2nc(CN3CCCC3)nn2C)cc1. The van der Waals surface area contributed by atoms with Gasteiger partial charge >= 0.3 is 0 Å². The van der Waals surface area contributed by atoms with E-state index in [-0.39, 0.29) is 0 Å². The molecular weight excluding hydrogens is 260 g/mol. The molecule has 1 aliphatic heterocycles. The second-order valence-corrected chi connectivity index (χ2v) is 6.24. The van der Waals surface area contributed by atoms with Crippen molar-refractivity contribution >= 4 is 0 Å². The van der Waals surface area contributed by atoms with Gasteiger partial charge in [0, 0.05) is 12.6 Å². The quantitative estimate of drug-likeness (QED) is 0.864. The van der Waals surface area contributed by atoms with Gasteiger partial charge in [-0.15, -0.1) is 0 Å². The van der Waals surface area contributed by atoms with Crippen LogP contribution in [0.4, 0.5) is 0 Å². The first-order valence-corrected chi connectivity index (χ1v) is 7.86. The average Bonchev–Trinajstić information content (AvgIpc) is 3.09. The summed E-state index contributed by atoms with van der Waals surface area (Å²) < 4.78 is 1.90. The van der Waals surface area contributed by atoms with Crippen LogP contribution in [-0.4, -0.2) is 32.8 Å². The van der Waals surface area contributed by atoms with Gasteiger partial charge in [-0.2, -0.15) is 5.10 Å². The van der Waals surface area contributed by atoms with Crippen LogP contribution in [0, 0.1) is 0 Å². The first-order chi connectivity index (χ1) is 10.1. The lowest BCUT2D eigenvalue weighted by Crippen LogP contribution is -2.19. The first-order valence-electron chi connectivity index (χ1n) is 7.86. The molecule has 0 amide bonds. The van der Waals surface area contributed by atoms with Crippen LogP contribution in [0.3, 0.4) is 0 Å². The molecule has 4 heteroatoms. The third-order valence-corrected chi connectivity index (χ3v) is 4.21. The molecular formula is C17H24N4. The van der Waals surface area contributed by atoms with Crippen molar-refractivity contribution in [2.24, 2.45) is 7.05 Å². The van der Waals surface area contributed by atoms with Gasteiger partial charge in [0.1, 0.15) is 0 Å². The Bertz CT molecular complexity index is 592. The molecule has 21 heavy (non-hydrogen) atoms. The van der Waals surface area contributed by atoms with Crippen LogP contribution < -0.4 is 0 Å². The highest BCUT2D eigenvalue weighted by Gasteiger charge is 2.16. The van der Waals surface area contributed by atoms with Crippen LogP contribution >= 0.6 is 0 Å². The van der Waals surface area contributed by atoms with E-state index >= 15 is 0 Å². The van der Waals surface area contributed by atoms with E-state index in [2.05, 4.69) is 48.1 Å². The molecule has 0 N–H and O–H groups in total. The molecule has 0 atom stereocenters. The zero-order valence-electron chi connectivity index (χ0n) is 13.2. The molecule has 0 radical (unpaired) electrons. The normalized spacial score (nSPS) is 16.0. The van der Waals surface area contributed by atoms with Gasteiger partial charge in [0.25, 0.3) is 0 Å². The second kappa shape index (κ2) is 5.98. The minimum atomic E-state index is 0.560. The molecule has 0 spiro atoms. The van der Waals surface area contributed by atoms with Crippen molar-refractivity contribution in [2.45, 2.75) is 39.2 Å². The van der Waals surface area contributed by atoms with Crippen molar-refractivity contribution in [3.8, 4) is 11.4 Å². The predicted molar refractivity (Wildman–Crippen MR) is 85.0 cm³/mol. The third-order valence-electron chi connectivity index (χ3n) is 4.21.